The van der Waals surface area contributed by atoms with Crippen LogP contribution in [0.3, 0.4) is 0 Å². The molecule has 0 aliphatic heterocycles. The second-order valence-corrected chi connectivity index (χ2v) is 4.69. The molecule has 1 heteroatoms. The maximum Gasteiger partial charge on any atom is -0.00247 e. The Hall–Kier alpha value is -0.820. The molecule has 0 saturated carbocycles. The topological polar surface area (TPSA) is 3.24 Å². The van der Waals surface area contributed by atoms with Crippen LogP contribution >= 0.6 is 0 Å². The van der Waals surface area contributed by atoms with Gasteiger partial charge in [-0.2, -0.15) is 0 Å². The Morgan fingerprint density at radius 3 is 2.40 bits per heavy atom. The Morgan fingerprint density at radius 2 is 1.80 bits per heavy atom. The lowest BCUT2D eigenvalue weighted by Crippen LogP contribution is -2.12. The van der Waals surface area contributed by atoms with Crippen LogP contribution in [0, 0.1) is 13.8 Å². The Kier molecular flexibility index (Phi) is 4.83. The Labute approximate surface area is 94.1 Å². The molecule has 0 N–H and O–H groups in total. The second kappa shape index (κ2) is 5.92. The van der Waals surface area contributed by atoms with Crippen molar-refractivity contribution in [3.63, 3.8) is 0 Å². The first-order valence-corrected chi connectivity index (χ1v) is 5.80. The van der Waals surface area contributed by atoms with Gasteiger partial charge in [-0.25, -0.2) is 0 Å². The summed E-state index contributed by atoms with van der Waals surface area (Å²) in [5.41, 5.74) is 4.32. The highest BCUT2D eigenvalue weighted by Crippen LogP contribution is 2.13. The molecular weight excluding hydrogens is 182 g/mol. The minimum Gasteiger partial charge on any atom is -0.309 e. The van der Waals surface area contributed by atoms with Gasteiger partial charge in [0.05, 0.1) is 0 Å². The zero-order valence-electron chi connectivity index (χ0n) is 10.5. The highest BCUT2D eigenvalue weighted by Gasteiger charge is 1.98. The van der Waals surface area contributed by atoms with Crippen molar-refractivity contribution in [1.29, 1.82) is 0 Å². The SMILES string of the molecule is Cc1ccc(CCCCN(C)C)c(C)c1. The molecule has 0 spiro atoms. The zero-order chi connectivity index (χ0) is 11.3. The molecule has 84 valence electrons. The van der Waals surface area contributed by atoms with Crippen molar-refractivity contribution >= 4 is 0 Å². The maximum atomic E-state index is 2.28. The Bertz CT molecular complexity index is 302. The summed E-state index contributed by atoms with van der Waals surface area (Å²) in [6.45, 7) is 5.57. The van der Waals surface area contributed by atoms with Crippen molar-refractivity contribution in [2.24, 2.45) is 0 Å². The number of nitrogens with zero attached hydrogens (tertiary/aromatic N) is 1. The third kappa shape index (κ3) is 4.48. The molecule has 15 heavy (non-hydrogen) atoms. The van der Waals surface area contributed by atoms with Crippen LogP contribution in [0.4, 0.5) is 0 Å². The number of aryl methyl sites for hydroxylation is 3. The van der Waals surface area contributed by atoms with Gasteiger partial charge >= 0.3 is 0 Å². The van der Waals surface area contributed by atoms with E-state index in [4.69, 9.17) is 0 Å². The standard InChI is InChI=1S/C14H23N/c1-12-8-9-14(13(2)11-12)7-5-6-10-15(3)4/h8-9,11H,5-7,10H2,1-4H3. The summed E-state index contributed by atoms with van der Waals surface area (Å²) in [4.78, 5) is 2.25. The van der Waals surface area contributed by atoms with Gasteiger partial charge < -0.3 is 4.90 Å². The highest BCUT2D eigenvalue weighted by atomic mass is 15.0. The molecule has 0 aliphatic carbocycles. The second-order valence-electron chi connectivity index (χ2n) is 4.69. The third-order valence-electron chi connectivity index (χ3n) is 2.80. The van der Waals surface area contributed by atoms with Crippen molar-refractivity contribution in [2.75, 3.05) is 20.6 Å². The molecule has 1 aromatic rings. The summed E-state index contributed by atoms with van der Waals surface area (Å²) in [6, 6.07) is 6.77. The van der Waals surface area contributed by atoms with E-state index in [1.165, 1.54) is 42.5 Å². The van der Waals surface area contributed by atoms with E-state index in [0.29, 0.717) is 0 Å². The van der Waals surface area contributed by atoms with Crippen LogP contribution in [0.15, 0.2) is 18.2 Å². The van der Waals surface area contributed by atoms with E-state index in [0.717, 1.165) is 0 Å². The molecule has 1 rings (SSSR count). The third-order valence-corrected chi connectivity index (χ3v) is 2.80. The molecule has 0 heterocycles. The lowest BCUT2D eigenvalue weighted by atomic mass is 10.0. The number of hydrogen-bond acceptors (Lipinski definition) is 1. The molecule has 0 saturated heterocycles. The van der Waals surface area contributed by atoms with Crippen LogP contribution in [-0.2, 0) is 6.42 Å². The van der Waals surface area contributed by atoms with E-state index in [9.17, 15) is 0 Å². The average Bonchev–Trinajstić information content (AvgIpc) is 2.14. The number of rotatable bonds is 5. The minimum atomic E-state index is 1.20. The molecule has 1 nitrogen and oxygen atoms in total. The van der Waals surface area contributed by atoms with Crippen LogP contribution in [0.1, 0.15) is 29.5 Å². The van der Waals surface area contributed by atoms with Gasteiger partial charge in [0.25, 0.3) is 0 Å². The van der Waals surface area contributed by atoms with Gasteiger partial charge in [-0.3, -0.25) is 0 Å². The summed E-state index contributed by atoms with van der Waals surface area (Å²) in [5, 5.41) is 0. The van der Waals surface area contributed by atoms with Crippen molar-refractivity contribution in [3.8, 4) is 0 Å². The molecule has 0 unspecified atom stereocenters. The van der Waals surface area contributed by atoms with Crippen LogP contribution < -0.4 is 0 Å². The first-order chi connectivity index (χ1) is 7.09. The molecule has 0 bridgehead atoms. The Balaban J connectivity index is 2.37. The monoisotopic (exact) mass is 205 g/mol. The Morgan fingerprint density at radius 1 is 1.07 bits per heavy atom. The van der Waals surface area contributed by atoms with Gasteiger partial charge in [-0.1, -0.05) is 23.8 Å². The van der Waals surface area contributed by atoms with Crippen LogP contribution in [-0.4, -0.2) is 25.5 Å². The fourth-order valence-electron chi connectivity index (χ4n) is 1.87. The largest absolute Gasteiger partial charge is 0.309 e. The average molecular weight is 205 g/mol. The van der Waals surface area contributed by atoms with Crippen molar-refractivity contribution in [1.82, 2.24) is 4.90 Å². The van der Waals surface area contributed by atoms with Crippen LogP contribution in [0.25, 0.3) is 0 Å². The van der Waals surface area contributed by atoms with Gasteiger partial charge in [0.1, 0.15) is 0 Å². The van der Waals surface area contributed by atoms with E-state index in [-0.39, 0.29) is 0 Å². The summed E-state index contributed by atoms with van der Waals surface area (Å²) in [5.74, 6) is 0. The van der Waals surface area contributed by atoms with Gasteiger partial charge in [-0.05, 0) is 64.9 Å². The van der Waals surface area contributed by atoms with Gasteiger partial charge in [0, 0.05) is 0 Å². The van der Waals surface area contributed by atoms with Crippen LogP contribution in [0.2, 0.25) is 0 Å². The number of hydrogen-bond donors (Lipinski definition) is 0. The fourth-order valence-corrected chi connectivity index (χ4v) is 1.87. The van der Waals surface area contributed by atoms with Gasteiger partial charge in [0.15, 0.2) is 0 Å². The molecule has 0 amide bonds. The molecule has 0 radical (unpaired) electrons. The summed E-state index contributed by atoms with van der Waals surface area (Å²) >= 11 is 0. The molecule has 0 aromatic heterocycles. The normalized spacial score (nSPS) is 11.0. The summed E-state index contributed by atoms with van der Waals surface area (Å²) < 4.78 is 0. The quantitative estimate of drug-likeness (QED) is 0.667. The predicted octanol–water partition coefficient (Wildman–Crippen LogP) is 3.19. The smallest absolute Gasteiger partial charge is 0.00247 e. The molecule has 0 atom stereocenters. The van der Waals surface area contributed by atoms with Crippen molar-refractivity contribution in [2.45, 2.75) is 33.1 Å². The predicted molar refractivity (Wildman–Crippen MR) is 67.4 cm³/mol. The van der Waals surface area contributed by atoms with Gasteiger partial charge in [0.2, 0.25) is 0 Å². The lowest BCUT2D eigenvalue weighted by molar-refractivity contribution is 0.394. The van der Waals surface area contributed by atoms with E-state index in [1.807, 2.05) is 0 Å². The fraction of sp³-hybridized carbons (Fsp3) is 0.571. The van der Waals surface area contributed by atoms with E-state index >= 15 is 0 Å². The zero-order valence-corrected chi connectivity index (χ0v) is 10.5. The van der Waals surface area contributed by atoms with E-state index < -0.39 is 0 Å². The van der Waals surface area contributed by atoms with Crippen molar-refractivity contribution in [3.05, 3.63) is 34.9 Å². The number of unbranched alkanes of at least 4 members (excludes halogenated alkanes) is 1. The number of benzene rings is 1. The van der Waals surface area contributed by atoms with Crippen LogP contribution in [0.5, 0.6) is 0 Å². The highest BCUT2D eigenvalue weighted by molar-refractivity contribution is 5.30. The van der Waals surface area contributed by atoms with Crippen molar-refractivity contribution < 1.29 is 0 Å². The minimum absolute atomic E-state index is 1.20. The first kappa shape index (κ1) is 12.3. The van der Waals surface area contributed by atoms with E-state index in [2.05, 4.69) is 51.0 Å². The molecule has 0 aliphatic rings. The summed E-state index contributed by atoms with van der Waals surface area (Å²) in [7, 11) is 4.27. The van der Waals surface area contributed by atoms with Gasteiger partial charge in [-0.15, -0.1) is 0 Å². The maximum absolute atomic E-state index is 2.28. The van der Waals surface area contributed by atoms with E-state index in [1.54, 1.807) is 0 Å². The lowest BCUT2D eigenvalue weighted by Gasteiger charge is -2.10. The molecule has 1 aromatic carbocycles. The molecular formula is C14H23N. The first-order valence-electron chi connectivity index (χ1n) is 5.80. The summed E-state index contributed by atoms with van der Waals surface area (Å²) in [6.07, 6.45) is 3.81. The molecule has 0 fully saturated rings.